The van der Waals surface area contributed by atoms with E-state index >= 15 is 0 Å². The average Bonchev–Trinajstić information content (AvgIpc) is 3.21. The van der Waals surface area contributed by atoms with Crippen molar-refractivity contribution in [3.05, 3.63) is 80.7 Å². The van der Waals surface area contributed by atoms with Crippen molar-refractivity contribution in [3.63, 3.8) is 0 Å². The number of carbonyl (C=O) groups excluding carboxylic acids is 2. The third-order valence-electron chi connectivity index (χ3n) is 4.71. The second-order valence-corrected chi connectivity index (χ2v) is 8.15. The van der Waals surface area contributed by atoms with Gasteiger partial charge in [-0.3, -0.25) is 9.59 Å². The van der Waals surface area contributed by atoms with Crippen molar-refractivity contribution < 1.29 is 22.8 Å². The predicted octanol–water partition coefficient (Wildman–Crippen LogP) is 5.75. The first kappa shape index (κ1) is 23.8. The fourth-order valence-electron chi connectivity index (χ4n) is 3.20. The van der Waals surface area contributed by atoms with E-state index in [2.05, 4.69) is 15.4 Å². The Bertz CT molecular complexity index is 1470. The van der Waals surface area contributed by atoms with Gasteiger partial charge in [-0.05, 0) is 35.7 Å². The molecule has 4 aromatic rings. The molecule has 3 N–H and O–H groups in total. The Hall–Kier alpha value is -3.34. The second-order valence-electron chi connectivity index (χ2n) is 6.93. The molecule has 4 rings (SSSR count). The fraction of sp³-hybridized carbons (Fsp3) is 0.0476. The summed E-state index contributed by atoms with van der Waals surface area (Å²) in [7, 11) is 0. The number of fused-ring (bicyclic) bond motifs is 1. The maximum Gasteiger partial charge on any atom is 0.435 e. The van der Waals surface area contributed by atoms with Crippen LogP contribution in [0.15, 0.2) is 48.7 Å². The standard InChI is InChI=1S/C21H11Cl3F3N5O2/c22-10-3-4-11-9(6-10)7-12(18(28)33)17(16(11)24)30-20(34)14-8-15(21(25,26)27)31-32(14)19-13(23)2-1-5-29-19/h1-8H,(H2,28,33)(H,30,34). The van der Waals surface area contributed by atoms with Crippen LogP contribution in [0.1, 0.15) is 26.5 Å². The molecule has 2 aromatic heterocycles. The minimum atomic E-state index is -4.86. The van der Waals surface area contributed by atoms with Crippen molar-refractivity contribution in [1.82, 2.24) is 14.8 Å². The summed E-state index contributed by atoms with van der Waals surface area (Å²) in [5.41, 5.74) is 3.17. The lowest BCUT2D eigenvalue weighted by atomic mass is 10.0. The van der Waals surface area contributed by atoms with Crippen molar-refractivity contribution >= 4 is 63.1 Å². The number of pyridine rings is 1. The lowest BCUT2D eigenvalue weighted by Crippen LogP contribution is -2.21. The molecule has 0 aliphatic carbocycles. The van der Waals surface area contributed by atoms with Gasteiger partial charge in [0.05, 0.1) is 21.3 Å². The van der Waals surface area contributed by atoms with E-state index in [1.807, 2.05) is 0 Å². The molecule has 174 valence electrons. The van der Waals surface area contributed by atoms with Crippen LogP contribution in [0.2, 0.25) is 15.1 Å². The van der Waals surface area contributed by atoms with Gasteiger partial charge in [0.15, 0.2) is 11.5 Å². The number of carbonyl (C=O) groups is 2. The third kappa shape index (κ3) is 4.39. The number of primary amides is 1. The fourth-order valence-corrected chi connectivity index (χ4v) is 3.91. The maximum absolute atomic E-state index is 13.4. The SMILES string of the molecule is NC(=O)c1cc2cc(Cl)ccc2c(Cl)c1NC(=O)c1cc(C(F)(F)F)nn1-c1ncccc1Cl. The molecule has 2 amide bonds. The average molecular weight is 529 g/mol. The van der Waals surface area contributed by atoms with Gasteiger partial charge in [-0.15, -0.1) is 0 Å². The van der Waals surface area contributed by atoms with Crippen LogP contribution in [-0.2, 0) is 6.18 Å². The maximum atomic E-state index is 13.4. The van der Waals surface area contributed by atoms with E-state index in [1.54, 1.807) is 12.1 Å². The van der Waals surface area contributed by atoms with Crippen LogP contribution < -0.4 is 11.1 Å². The summed E-state index contributed by atoms with van der Waals surface area (Å²) in [6, 6.07) is 9.35. The summed E-state index contributed by atoms with van der Waals surface area (Å²) < 4.78 is 40.8. The number of benzene rings is 2. The number of rotatable bonds is 4. The Morgan fingerprint density at radius 3 is 2.44 bits per heavy atom. The molecule has 2 heterocycles. The minimum Gasteiger partial charge on any atom is -0.366 e. The van der Waals surface area contributed by atoms with Crippen molar-refractivity contribution in [2.24, 2.45) is 5.73 Å². The summed E-state index contributed by atoms with van der Waals surface area (Å²) in [6.07, 6.45) is -3.59. The van der Waals surface area contributed by atoms with Gasteiger partial charge in [0.25, 0.3) is 11.8 Å². The van der Waals surface area contributed by atoms with Gasteiger partial charge < -0.3 is 11.1 Å². The van der Waals surface area contributed by atoms with Crippen LogP contribution in [0.4, 0.5) is 18.9 Å². The smallest absolute Gasteiger partial charge is 0.366 e. The highest BCUT2D eigenvalue weighted by molar-refractivity contribution is 6.40. The first-order chi connectivity index (χ1) is 16.0. The van der Waals surface area contributed by atoms with Crippen LogP contribution >= 0.6 is 34.8 Å². The molecule has 0 radical (unpaired) electrons. The number of nitrogens with one attached hydrogen (secondary N) is 1. The van der Waals surface area contributed by atoms with Crippen LogP contribution in [0.3, 0.4) is 0 Å². The number of nitrogens with two attached hydrogens (primary N) is 1. The van der Waals surface area contributed by atoms with E-state index in [9.17, 15) is 22.8 Å². The van der Waals surface area contributed by atoms with E-state index in [-0.39, 0.29) is 27.1 Å². The number of nitrogens with zero attached hydrogens (tertiary/aromatic N) is 3. The Morgan fingerprint density at radius 2 is 1.79 bits per heavy atom. The van der Waals surface area contributed by atoms with Gasteiger partial charge in [0, 0.05) is 22.7 Å². The summed E-state index contributed by atoms with van der Waals surface area (Å²) in [4.78, 5) is 29.1. The Labute approximate surface area is 204 Å². The van der Waals surface area contributed by atoms with Gasteiger partial charge in [-0.1, -0.05) is 40.9 Å². The molecule has 0 spiro atoms. The molecular weight excluding hydrogens is 518 g/mol. The highest BCUT2D eigenvalue weighted by Gasteiger charge is 2.37. The number of amides is 2. The number of aromatic nitrogens is 3. The van der Waals surface area contributed by atoms with Crippen LogP contribution in [0, 0.1) is 0 Å². The van der Waals surface area contributed by atoms with E-state index in [4.69, 9.17) is 40.5 Å². The molecule has 2 aromatic carbocycles. The third-order valence-corrected chi connectivity index (χ3v) is 5.64. The van der Waals surface area contributed by atoms with E-state index in [0.717, 1.165) is 0 Å². The number of hydrogen-bond acceptors (Lipinski definition) is 4. The molecule has 0 aliphatic heterocycles. The van der Waals surface area contributed by atoms with Gasteiger partial charge in [0.1, 0.15) is 5.69 Å². The zero-order chi connectivity index (χ0) is 24.8. The Morgan fingerprint density at radius 1 is 1.06 bits per heavy atom. The van der Waals surface area contributed by atoms with Crippen LogP contribution in [0.25, 0.3) is 16.6 Å². The van der Waals surface area contributed by atoms with Crippen molar-refractivity contribution in [2.75, 3.05) is 5.32 Å². The number of halogens is 6. The minimum absolute atomic E-state index is 0.0492. The van der Waals surface area contributed by atoms with Gasteiger partial charge in [-0.25, -0.2) is 9.67 Å². The summed E-state index contributed by atoms with van der Waals surface area (Å²) in [5.74, 6) is -2.21. The van der Waals surface area contributed by atoms with E-state index in [0.29, 0.717) is 26.5 Å². The van der Waals surface area contributed by atoms with Gasteiger partial charge >= 0.3 is 6.18 Å². The molecule has 0 atom stereocenters. The van der Waals surface area contributed by atoms with Gasteiger partial charge in [0.2, 0.25) is 0 Å². The lowest BCUT2D eigenvalue weighted by molar-refractivity contribution is -0.141. The van der Waals surface area contributed by atoms with Crippen LogP contribution in [-0.4, -0.2) is 26.6 Å². The van der Waals surface area contributed by atoms with E-state index < -0.39 is 29.4 Å². The zero-order valence-electron chi connectivity index (χ0n) is 16.6. The summed E-state index contributed by atoms with van der Waals surface area (Å²) in [6.45, 7) is 0. The normalized spacial score (nSPS) is 11.6. The monoisotopic (exact) mass is 527 g/mol. The lowest BCUT2D eigenvalue weighted by Gasteiger charge is -2.14. The summed E-state index contributed by atoms with van der Waals surface area (Å²) in [5, 5.41) is 6.98. The quantitative estimate of drug-likeness (QED) is 0.352. The van der Waals surface area contributed by atoms with Crippen molar-refractivity contribution in [3.8, 4) is 5.82 Å². The number of anilines is 1. The molecule has 0 aliphatic rings. The van der Waals surface area contributed by atoms with Crippen molar-refractivity contribution in [1.29, 1.82) is 0 Å². The molecule has 0 bridgehead atoms. The topological polar surface area (TPSA) is 103 Å². The highest BCUT2D eigenvalue weighted by Crippen LogP contribution is 2.37. The molecule has 0 fully saturated rings. The van der Waals surface area contributed by atoms with Crippen LogP contribution in [0.5, 0.6) is 0 Å². The van der Waals surface area contributed by atoms with E-state index in [1.165, 1.54) is 30.5 Å². The van der Waals surface area contributed by atoms with Gasteiger partial charge in [-0.2, -0.15) is 18.3 Å². The molecule has 34 heavy (non-hydrogen) atoms. The Balaban J connectivity index is 1.87. The van der Waals surface area contributed by atoms with Crippen molar-refractivity contribution in [2.45, 2.75) is 6.18 Å². The molecule has 0 saturated heterocycles. The molecule has 0 unspecified atom stereocenters. The predicted molar refractivity (Wildman–Crippen MR) is 122 cm³/mol. The second kappa shape index (κ2) is 8.79. The first-order valence-corrected chi connectivity index (χ1v) is 10.4. The zero-order valence-corrected chi connectivity index (χ0v) is 18.9. The number of alkyl halides is 3. The Kier molecular flexibility index (Phi) is 6.15. The highest BCUT2D eigenvalue weighted by atomic mass is 35.5. The molecule has 13 heteroatoms. The molecule has 0 saturated carbocycles. The largest absolute Gasteiger partial charge is 0.435 e. The molecular formula is C21H11Cl3F3N5O2. The molecule has 7 nitrogen and oxygen atoms in total. The number of hydrogen-bond donors (Lipinski definition) is 2. The summed E-state index contributed by atoms with van der Waals surface area (Å²) >= 11 is 18.5. The first-order valence-electron chi connectivity index (χ1n) is 9.28.